The minimum Gasteiger partial charge on any atom is -1.00 e. The van der Waals surface area contributed by atoms with E-state index in [0.717, 1.165) is 17.8 Å². The third-order valence-electron chi connectivity index (χ3n) is 8.05. The van der Waals surface area contributed by atoms with Crippen molar-refractivity contribution in [1.29, 1.82) is 0 Å². The summed E-state index contributed by atoms with van der Waals surface area (Å²) in [5.41, 5.74) is 0. The Balaban J connectivity index is 0. The highest BCUT2D eigenvalue weighted by atomic mass is 79.9. The van der Waals surface area contributed by atoms with Crippen molar-refractivity contribution in [2.24, 2.45) is 17.8 Å². The van der Waals surface area contributed by atoms with Crippen LogP contribution in [0, 0.1) is 17.8 Å². The second kappa shape index (κ2) is 23.6. The first-order valence-corrected chi connectivity index (χ1v) is 17.4. The fourth-order valence-electron chi connectivity index (χ4n) is 5.77. The molecule has 3 unspecified atom stereocenters. The van der Waals surface area contributed by atoms with Crippen LogP contribution in [-0.2, 0) is 0 Å². The van der Waals surface area contributed by atoms with Gasteiger partial charge in [-0.15, -0.1) is 0 Å². The highest BCUT2D eigenvalue weighted by Crippen LogP contribution is 2.64. The van der Waals surface area contributed by atoms with Gasteiger partial charge in [0.2, 0.25) is 0 Å². The first-order valence-electron chi connectivity index (χ1n) is 14.9. The number of hydrogen-bond donors (Lipinski definition) is 0. The van der Waals surface area contributed by atoms with E-state index in [1.54, 1.807) is 24.6 Å². The monoisotopic (exact) mass is 534 g/mol. The lowest BCUT2D eigenvalue weighted by Crippen LogP contribution is -3.00. The topological polar surface area (TPSA) is 0 Å². The van der Waals surface area contributed by atoms with E-state index in [9.17, 15) is 0 Å². The molecule has 0 fully saturated rings. The second-order valence-electron chi connectivity index (χ2n) is 10.9. The minimum atomic E-state index is -0.875. The molecule has 3 atom stereocenters. The third kappa shape index (κ3) is 16.5. The Morgan fingerprint density at radius 2 is 0.781 bits per heavy atom. The normalized spacial score (nSPS) is 16.2. The van der Waals surface area contributed by atoms with E-state index in [-0.39, 0.29) is 17.0 Å². The number of halogens is 1. The smallest absolute Gasteiger partial charge is 0.0622 e. The predicted octanol–water partition coefficient (Wildman–Crippen LogP) is 8.24. The molecule has 0 aromatic carbocycles. The van der Waals surface area contributed by atoms with Gasteiger partial charge in [-0.3, -0.25) is 0 Å². The van der Waals surface area contributed by atoms with E-state index in [1.807, 2.05) is 0 Å². The molecule has 196 valence electrons. The minimum absolute atomic E-state index is 0. The van der Waals surface area contributed by atoms with Gasteiger partial charge >= 0.3 is 0 Å². The van der Waals surface area contributed by atoms with Gasteiger partial charge in [0.05, 0.1) is 24.6 Å². The summed E-state index contributed by atoms with van der Waals surface area (Å²) in [6.45, 7) is 17.0. The Hall–Kier alpha value is 0.910. The SMILES string of the molecule is CCCCCC[P+](CC(CC)CCCC)(CC(CC)CCCC)CC(CC)CCCC.[Br-]. The average molecular weight is 536 g/mol. The lowest BCUT2D eigenvalue weighted by Gasteiger charge is -2.36. The molecule has 0 aliphatic carbocycles. The summed E-state index contributed by atoms with van der Waals surface area (Å²) in [6, 6.07) is 0. The molecule has 0 aliphatic heterocycles. The van der Waals surface area contributed by atoms with Crippen molar-refractivity contribution in [2.45, 2.75) is 151 Å². The Morgan fingerprint density at radius 3 is 1.06 bits per heavy atom. The maximum absolute atomic E-state index is 2.49. The van der Waals surface area contributed by atoms with Crippen molar-refractivity contribution >= 4 is 7.26 Å². The quantitative estimate of drug-likeness (QED) is 0.0913. The molecule has 0 spiro atoms. The maximum atomic E-state index is 2.49. The number of hydrogen-bond acceptors (Lipinski definition) is 0. The Bertz CT molecular complexity index is 324. The molecule has 0 heterocycles. The summed E-state index contributed by atoms with van der Waals surface area (Å²) < 4.78 is 0. The molecule has 0 bridgehead atoms. The van der Waals surface area contributed by atoms with Gasteiger partial charge in [-0.2, -0.15) is 0 Å². The van der Waals surface area contributed by atoms with Crippen LogP contribution < -0.4 is 17.0 Å². The summed E-state index contributed by atoms with van der Waals surface area (Å²) in [7, 11) is -0.875. The van der Waals surface area contributed by atoms with E-state index in [2.05, 4.69) is 48.5 Å². The van der Waals surface area contributed by atoms with Crippen molar-refractivity contribution in [1.82, 2.24) is 0 Å². The van der Waals surface area contributed by atoms with Crippen LogP contribution in [0.15, 0.2) is 0 Å². The van der Waals surface area contributed by atoms with E-state index < -0.39 is 7.26 Å². The summed E-state index contributed by atoms with van der Waals surface area (Å²) in [5.74, 6) is 3.02. The molecule has 0 aromatic heterocycles. The Labute approximate surface area is 217 Å². The summed E-state index contributed by atoms with van der Waals surface area (Å²) >= 11 is 0. The van der Waals surface area contributed by atoms with Crippen molar-refractivity contribution in [2.75, 3.05) is 24.6 Å². The molecule has 32 heavy (non-hydrogen) atoms. The van der Waals surface area contributed by atoms with Crippen LogP contribution in [0.5, 0.6) is 0 Å². The molecule has 0 nitrogen and oxygen atoms in total. The van der Waals surface area contributed by atoms with Crippen molar-refractivity contribution in [3.63, 3.8) is 0 Å². The van der Waals surface area contributed by atoms with Gasteiger partial charge < -0.3 is 17.0 Å². The zero-order chi connectivity index (χ0) is 23.4. The van der Waals surface area contributed by atoms with Crippen LogP contribution in [0.25, 0.3) is 0 Å². The van der Waals surface area contributed by atoms with Crippen LogP contribution in [0.2, 0.25) is 0 Å². The first-order chi connectivity index (χ1) is 15.0. The van der Waals surface area contributed by atoms with E-state index in [1.165, 1.54) is 103 Å². The molecule has 0 N–H and O–H groups in total. The molecular formula is C30H64BrP. The third-order valence-corrected chi connectivity index (χ3v) is 13.2. The molecule has 0 radical (unpaired) electrons. The van der Waals surface area contributed by atoms with Crippen LogP contribution in [-0.4, -0.2) is 24.6 Å². The van der Waals surface area contributed by atoms with Gasteiger partial charge in [-0.05, 0) is 69.1 Å². The van der Waals surface area contributed by atoms with Gasteiger partial charge in [0.1, 0.15) is 0 Å². The lowest BCUT2D eigenvalue weighted by atomic mass is 10.0. The van der Waals surface area contributed by atoms with E-state index >= 15 is 0 Å². The molecule has 0 saturated carbocycles. The van der Waals surface area contributed by atoms with Gasteiger partial charge in [0.25, 0.3) is 0 Å². The highest BCUT2D eigenvalue weighted by molar-refractivity contribution is 7.75. The zero-order valence-electron chi connectivity index (χ0n) is 23.7. The maximum Gasteiger partial charge on any atom is 0.0622 e. The number of rotatable bonds is 23. The average Bonchev–Trinajstić information content (AvgIpc) is 2.79. The molecule has 0 rings (SSSR count). The molecule has 0 aliphatic rings. The molecule has 0 amide bonds. The van der Waals surface area contributed by atoms with E-state index in [0.29, 0.717) is 0 Å². The van der Waals surface area contributed by atoms with E-state index in [4.69, 9.17) is 0 Å². The van der Waals surface area contributed by atoms with Crippen LogP contribution in [0.1, 0.15) is 151 Å². The standard InChI is InChI=1S/C30H64P.BrH/c1-8-15-19-20-24-31(25-28(12-5)21-16-9-2,26-29(13-6)22-17-10-3)27-30(14-7)23-18-11-4;/h28-30H,8-27H2,1-7H3;1H/q+1;/p-1. The zero-order valence-corrected chi connectivity index (χ0v) is 26.2. The summed E-state index contributed by atoms with van der Waals surface area (Å²) in [4.78, 5) is 0. The Kier molecular flexibility index (Phi) is 25.9. The van der Waals surface area contributed by atoms with Crippen molar-refractivity contribution in [3.8, 4) is 0 Å². The van der Waals surface area contributed by atoms with Gasteiger partial charge in [0.15, 0.2) is 0 Å². The molecule has 0 saturated heterocycles. The number of unbranched alkanes of at least 4 members (excludes halogenated alkanes) is 6. The predicted molar refractivity (Wildman–Crippen MR) is 150 cm³/mol. The summed E-state index contributed by atoms with van der Waals surface area (Å²) in [5, 5.41) is 0. The lowest BCUT2D eigenvalue weighted by molar-refractivity contribution is -0.00000733. The van der Waals surface area contributed by atoms with Gasteiger partial charge in [-0.1, -0.05) is 99.8 Å². The van der Waals surface area contributed by atoms with Crippen LogP contribution in [0.4, 0.5) is 0 Å². The second-order valence-corrected chi connectivity index (χ2v) is 15.1. The molecule has 2 heteroatoms. The summed E-state index contributed by atoms with van der Waals surface area (Å²) in [6.07, 6.45) is 29.7. The fourth-order valence-corrected chi connectivity index (χ4v) is 12.3. The molecular weight excluding hydrogens is 471 g/mol. The van der Waals surface area contributed by atoms with Crippen molar-refractivity contribution < 1.29 is 17.0 Å². The van der Waals surface area contributed by atoms with Crippen LogP contribution in [0.3, 0.4) is 0 Å². The van der Waals surface area contributed by atoms with Gasteiger partial charge in [0, 0.05) is 7.26 Å². The van der Waals surface area contributed by atoms with Crippen molar-refractivity contribution in [3.05, 3.63) is 0 Å². The molecule has 0 aromatic rings. The van der Waals surface area contributed by atoms with Crippen LogP contribution >= 0.6 is 7.26 Å². The van der Waals surface area contributed by atoms with Gasteiger partial charge in [-0.25, -0.2) is 0 Å². The highest BCUT2D eigenvalue weighted by Gasteiger charge is 2.42. The largest absolute Gasteiger partial charge is 1.00 e. The Morgan fingerprint density at radius 1 is 0.438 bits per heavy atom. The first kappa shape index (κ1) is 35.1. The fraction of sp³-hybridized carbons (Fsp3) is 1.00.